The third kappa shape index (κ3) is 7.41. The van der Waals surface area contributed by atoms with Crippen molar-refractivity contribution in [2.24, 2.45) is 10.2 Å². The van der Waals surface area contributed by atoms with Crippen LogP contribution in [0.3, 0.4) is 0 Å². The van der Waals surface area contributed by atoms with Gasteiger partial charge in [0.1, 0.15) is 0 Å². The summed E-state index contributed by atoms with van der Waals surface area (Å²) in [5.41, 5.74) is 11.7. The molecule has 2 N–H and O–H groups in total. The topological polar surface area (TPSA) is 89.4 Å². The number of anilines is 2. The van der Waals surface area contributed by atoms with Gasteiger partial charge in [0.15, 0.2) is 0 Å². The normalized spacial score (nSPS) is 11.0. The highest BCUT2D eigenvalue weighted by Crippen LogP contribution is 2.21. The van der Waals surface area contributed by atoms with Crippen LogP contribution in [0.25, 0.3) is 11.1 Å². The van der Waals surface area contributed by atoms with Gasteiger partial charge in [-0.2, -0.15) is 10.2 Å². The average Bonchev–Trinajstić information content (AvgIpc) is 2.97. The quantitative estimate of drug-likeness (QED) is 0.234. The zero-order chi connectivity index (χ0) is 28.5. The minimum Gasteiger partial charge on any atom is -0.378 e. The number of nitrogens with one attached hydrogen (secondary N) is 2. The Morgan fingerprint density at radius 3 is 1.40 bits per heavy atom. The highest BCUT2D eigenvalue weighted by molar-refractivity contribution is 5.97. The number of hydrogen-bond donors (Lipinski definition) is 2. The van der Waals surface area contributed by atoms with E-state index in [-0.39, 0.29) is 11.8 Å². The number of rotatable bonds is 9. The summed E-state index contributed by atoms with van der Waals surface area (Å²) in [6.07, 6.45) is 3.17. The fraction of sp³-hybridized carbons (Fsp3) is 0.125. The van der Waals surface area contributed by atoms with Gasteiger partial charge in [0.05, 0.1) is 12.4 Å². The molecule has 8 nitrogen and oxygen atoms in total. The maximum absolute atomic E-state index is 12.5. The molecule has 0 aliphatic carbocycles. The lowest BCUT2D eigenvalue weighted by atomic mass is 10.0. The van der Waals surface area contributed by atoms with Crippen LogP contribution in [0.4, 0.5) is 11.4 Å². The van der Waals surface area contributed by atoms with Crippen molar-refractivity contribution >= 4 is 35.6 Å². The number of benzene rings is 4. The van der Waals surface area contributed by atoms with Crippen LogP contribution in [0.1, 0.15) is 31.8 Å². The monoisotopic (exact) mass is 532 g/mol. The Morgan fingerprint density at radius 2 is 1.00 bits per heavy atom. The third-order valence-corrected chi connectivity index (χ3v) is 6.14. The summed E-state index contributed by atoms with van der Waals surface area (Å²) in [4.78, 5) is 29.0. The molecule has 40 heavy (non-hydrogen) atoms. The lowest BCUT2D eigenvalue weighted by Crippen LogP contribution is -2.18. The summed E-state index contributed by atoms with van der Waals surface area (Å²) in [5.74, 6) is -0.604. The molecular weight excluding hydrogens is 500 g/mol. The van der Waals surface area contributed by atoms with E-state index < -0.39 is 0 Å². The van der Waals surface area contributed by atoms with Crippen molar-refractivity contribution in [3.05, 3.63) is 119 Å². The molecule has 0 unspecified atom stereocenters. The first-order valence-electron chi connectivity index (χ1n) is 12.7. The summed E-state index contributed by atoms with van der Waals surface area (Å²) < 4.78 is 0. The summed E-state index contributed by atoms with van der Waals surface area (Å²) >= 11 is 0. The van der Waals surface area contributed by atoms with E-state index in [0.29, 0.717) is 11.1 Å². The molecule has 0 fully saturated rings. The van der Waals surface area contributed by atoms with Crippen molar-refractivity contribution < 1.29 is 9.59 Å². The minimum absolute atomic E-state index is 0.302. The van der Waals surface area contributed by atoms with E-state index in [2.05, 4.69) is 21.1 Å². The van der Waals surface area contributed by atoms with Gasteiger partial charge in [0.2, 0.25) is 0 Å². The molecule has 0 saturated carbocycles. The molecule has 2 amide bonds. The van der Waals surface area contributed by atoms with Crippen molar-refractivity contribution in [3.63, 3.8) is 0 Å². The van der Waals surface area contributed by atoms with E-state index in [1.807, 2.05) is 111 Å². The molecule has 8 heteroatoms. The van der Waals surface area contributed by atoms with Crippen molar-refractivity contribution in [1.29, 1.82) is 0 Å². The van der Waals surface area contributed by atoms with Crippen molar-refractivity contribution in [2.75, 3.05) is 38.0 Å². The van der Waals surface area contributed by atoms with Gasteiger partial charge >= 0.3 is 0 Å². The maximum atomic E-state index is 12.5. The van der Waals surface area contributed by atoms with Gasteiger partial charge in [-0.05, 0) is 89.0 Å². The van der Waals surface area contributed by atoms with Crippen LogP contribution < -0.4 is 20.7 Å². The van der Waals surface area contributed by atoms with Crippen molar-refractivity contribution in [1.82, 2.24) is 10.9 Å². The highest BCUT2D eigenvalue weighted by atomic mass is 16.2. The molecule has 202 valence electrons. The van der Waals surface area contributed by atoms with E-state index in [4.69, 9.17) is 0 Å². The number of carbonyl (C=O) groups excluding carboxylic acids is 2. The molecular formula is C32H32N6O2. The zero-order valence-electron chi connectivity index (χ0n) is 23.0. The van der Waals surface area contributed by atoms with Crippen molar-refractivity contribution in [2.45, 2.75) is 0 Å². The molecule has 0 atom stereocenters. The largest absolute Gasteiger partial charge is 0.378 e. The molecule has 0 bridgehead atoms. The first-order valence-corrected chi connectivity index (χ1v) is 12.7. The lowest BCUT2D eigenvalue weighted by Gasteiger charge is -2.12. The molecule has 0 saturated heterocycles. The molecule has 0 aliphatic heterocycles. The highest BCUT2D eigenvalue weighted by Gasteiger charge is 2.07. The fourth-order valence-electron chi connectivity index (χ4n) is 3.90. The first-order chi connectivity index (χ1) is 19.3. The smallest absolute Gasteiger partial charge is 0.271 e. The molecule has 0 radical (unpaired) electrons. The SMILES string of the molecule is CN(C)c1ccc(C(=O)N/N=C/c2cc(/C=N/NC(=O)c3ccc(N(C)C)cc3)cc(-c3ccccc3)c2)cc1. The van der Waals surface area contributed by atoms with Gasteiger partial charge in [-0.1, -0.05) is 30.3 Å². The zero-order valence-corrected chi connectivity index (χ0v) is 23.0. The molecule has 0 spiro atoms. The minimum atomic E-state index is -0.302. The van der Waals surface area contributed by atoms with Crippen LogP contribution in [0.5, 0.6) is 0 Å². The Labute approximate surface area is 234 Å². The number of nitrogens with zero attached hydrogens (tertiary/aromatic N) is 4. The van der Waals surface area contributed by atoms with Gasteiger partial charge in [-0.15, -0.1) is 0 Å². The Kier molecular flexibility index (Phi) is 9.04. The second kappa shape index (κ2) is 13.0. The van der Waals surface area contributed by atoms with E-state index in [0.717, 1.165) is 33.6 Å². The second-order valence-corrected chi connectivity index (χ2v) is 9.54. The molecule has 0 aliphatic rings. The van der Waals surface area contributed by atoms with Crippen LogP contribution >= 0.6 is 0 Å². The standard InChI is InChI=1S/C32H32N6O2/c1-37(2)29-14-10-26(11-15-29)31(39)35-33-21-23-18-24(20-28(19-23)25-8-6-5-7-9-25)22-34-36-32(40)27-12-16-30(17-13-27)38(3)4/h5-22H,1-4H3,(H,35,39)(H,36,40)/b33-21+,34-22+. The van der Waals surface area contributed by atoms with Crippen LogP contribution in [-0.2, 0) is 0 Å². The molecule has 0 heterocycles. The van der Waals surface area contributed by atoms with E-state index in [9.17, 15) is 9.59 Å². The van der Waals surface area contributed by atoms with Crippen LogP contribution in [-0.4, -0.2) is 52.4 Å². The van der Waals surface area contributed by atoms with Gasteiger partial charge < -0.3 is 9.80 Å². The third-order valence-electron chi connectivity index (χ3n) is 6.14. The average molecular weight is 533 g/mol. The van der Waals surface area contributed by atoms with Crippen LogP contribution in [0.15, 0.2) is 107 Å². The van der Waals surface area contributed by atoms with Gasteiger partial charge in [0, 0.05) is 50.7 Å². The molecule has 4 aromatic carbocycles. The Morgan fingerprint density at radius 1 is 0.575 bits per heavy atom. The summed E-state index contributed by atoms with van der Waals surface area (Å²) in [6, 6.07) is 30.3. The molecule has 0 aromatic heterocycles. The predicted octanol–water partition coefficient (Wildman–Crippen LogP) is 5.01. The Bertz CT molecular complexity index is 1420. The maximum Gasteiger partial charge on any atom is 0.271 e. The Balaban J connectivity index is 1.49. The molecule has 4 aromatic rings. The van der Waals surface area contributed by atoms with E-state index in [1.54, 1.807) is 36.7 Å². The van der Waals surface area contributed by atoms with Crippen molar-refractivity contribution in [3.8, 4) is 11.1 Å². The number of carbonyl (C=O) groups is 2. The first kappa shape index (κ1) is 27.8. The van der Waals surface area contributed by atoms with E-state index >= 15 is 0 Å². The Hall–Kier alpha value is -5.24. The molecule has 4 rings (SSSR count). The summed E-state index contributed by atoms with van der Waals surface area (Å²) in [5, 5.41) is 8.33. The number of hydrazone groups is 2. The number of hydrogen-bond acceptors (Lipinski definition) is 6. The van der Waals surface area contributed by atoms with Gasteiger partial charge in [-0.25, -0.2) is 10.9 Å². The van der Waals surface area contributed by atoms with E-state index in [1.165, 1.54) is 0 Å². The van der Waals surface area contributed by atoms with Crippen LogP contribution in [0.2, 0.25) is 0 Å². The van der Waals surface area contributed by atoms with Crippen LogP contribution in [0, 0.1) is 0 Å². The second-order valence-electron chi connectivity index (χ2n) is 9.54. The lowest BCUT2D eigenvalue weighted by molar-refractivity contribution is 0.0947. The predicted molar refractivity (Wildman–Crippen MR) is 164 cm³/mol. The summed E-state index contributed by atoms with van der Waals surface area (Å²) in [6.45, 7) is 0. The summed E-state index contributed by atoms with van der Waals surface area (Å²) in [7, 11) is 7.78. The fourth-order valence-corrected chi connectivity index (χ4v) is 3.90. The van der Waals surface area contributed by atoms with Gasteiger partial charge in [0.25, 0.3) is 11.8 Å². The van der Waals surface area contributed by atoms with Gasteiger partial charge in [-0.3, -0.25) is 9.59 Å². The number of amides is 2.